The molecule has 8 nitrogen and oxygen atoms in total. The van der Waals surface area contributed by atoms with Crippen LogP contribution in [0.4, 0.5) is 10.1 Å². The number of ether oxygens (including phenoxy) is 1. The summed E-state index contributed by atoms with van der Waals surface area (Å²) in [5.74, 6) is -1.06. The Hall–Kier alpha value is -4.22. The molecule has 1 atom stereocenters. The van der Waals surface area contributed by atoms with E-state index in [4.69, 9.17) is 4.74 Å². The van der Waals surface area contributed by atoms with Gasteiger partial charge in [0, 0.05) is 23.0 Å². The fourth-order valence-electron chi connectivity index (χ4n) is 4.93. The fourth-order valence-corrected chi connectivity index (χ4v) is 6.61. The van der Waals surface area contributed by atoms with Crippen LogP contribution >= 0.6 is 15.9 Å². The minimum Gasteiger partial charge on any atom is -0.494 e. The highest BCUT2D eigenvalue weighted by atomic mass is 79.9. The molecule has 47 heavy (non-hydrogen) atoms. The first kappa shape index (κ1) is 35.6. The molecule has 0 saturated heterocycles. The van der Waals surface area contributed by atoms with E-state index in [1.807, 2.05) is 82.3 Å². The van der Waals surface area contributed by atoms with Gasteiger partial charge in [-0.3, -0.25) is 13.9 Å². The summed E-state index contributed by atoms with van der Waals surface area (Å²) in [6.45, 7) is 7.16. The number of hydrogen-bond donors (Lipinski definition) is 1. The van der Waals surface area contributed by atoms with Crippen molar-refractivity contribution >= 4 is 43.5 Å². The summed E-state index contributed by atoms with van der Waals surface area (Å²) in [6.07, 6.45) is 0.188. The molecule has 11 heteroatoms. The van der Waals surface area contributed by atoms with Gasteiger partial charge in [0.15, 0.2) is 0 Å². The van der Waals surface area contributed by atoms with Crippen LogP contribution in [-0.4, -0.2) is 49.9 Å². The number of carbonyl (C=O) groups is 2. The smallest absolute Gasteiger partial charge is 0.264 e. The quantitative estimate of drug-likeness (QED) is 0.165. The molecule has 0 bridgehead atoms. The Morgan fingerprint density at radius 3 is 2.06 bits per heavy atom. The lowest BCUT2D eigenvalue weighted by atomic mass is 10.0. The first-order chi connectivity index (χ1) is 22.3. The lowest BCUT2D eigenvalue weighted by Crippen LogP contribution is -2.56. The van der Waals surface area contributed by atoms with Crippen molar-refractivity contribution in [2.75, 3.05) is 17.5 Å². The normalized spacial score (nSPS) is 12.2. The van der Waals surface area contributed by atoms with E-state index in [1.54, 1.807) is 0 Å². The number of sulfonamides is 1. The Balaban J connectivity index is 1.80. The Bertz CT molecular complexity index is 1750. The average molecular weight is 725 g/mol. The predicted molar refractivity (Wildman–Crippen MR) is 185 cm³/mol. The van der Waals surface area contributed by atoms with E-state index in [0.29, 0.717) is 12.4 Å². The molecular formula is C36H39BrFN3O5S. The highest BCUT2D eigenvalue weighted by Crippen LogP contribution is 2.27. The van der Waals surface area contributed by atoms with E-state index in [2.05, 4.69) is 21.2 Å². The summed E-state index contributed by atoms with van der Waals surface area (Å²) in [5, 5.41) is 3.01. The zero-order chi connectivity index (χ0) is 34.2. The second kappa shape index (κ2) is 15.6. The molecule has 0 aromatic heterocycles. The number of nitrogens with one attached hydrogen (secondary N) is 1. The van der Waals surface area contributed by atoms with E-state index in [9.17, 15) is 22.4 Å². The molecular weight excluding hydrogens is 685 g/mol. The Morgan fingerprint density at radius 1 is 0.872 bits per heavy atom. The minimum atomic E-state index is -4.34. The molecule has 0 spiro atoms. The number of rotatable bonds is 13. The number of amides is 2. The minimum absolute atomic E-state index is 0.0293. The Labute approximate surface area is 284 Å². The molecule has 0 saturated carbocycles. The summed E-state index contributed by atoms with van der Waals surface area (Å²) in [5.41, 5.74) is 1.06. The third kappa shape index (κ3) is 9.89. The maximum Gasteiger partial charge on any atom is 0.264 e. The molecule has 4 aromatic carbocycles. The van der Waals surface area contributed by atoms with Crippen LogP contribution in [0.25, 0.3) is 0 Å². The first-order valence-corrected chi connectivity index (χ1v) is 17.4. The summed E-state index contributed by atoms with van der Waals surface area (Å²) in [6, 6.07) is 26.4. The van der Waals surface area contributed by atoms with Crippen molar-refractivity contribution in [1.29, 1.82) is 0 Å². The van der Waals surface area contributed by atoms with Crippen LogP contribution in [0.5, 0.6) is 5.75 Å². The molecule has 0 radical (unpaired) electrons. The molecule has 248 valence electrons. The monoisotopic (exact) mass is 723 g/mol. The van der Waals surface area contributed by atoms with Crippen LogP contribution in [0.3, 0.4) is 0 Å². The van der Waals surface area contributed by atoms with E-state index >= 15 is 0 Å². The van der Waals surface area contributed by atoms with Gasteiger partial charge in [-0.15, -0.1) is 0 Å². The van der Waals surface area contributed by atoms with Gasteiger partial charge >= 0.3 is 0 Å². The van der Waals surface area contributed by atoms with Gasteiger partial charge in [0.25, 0.3) is 10.0 Å². The average Bonchev–Trinajstić information content (AvgIpc) is 3.03. The third-order valence-corrected chi connectivity index (χ3v) is 9.47. The van der Waals surface area contributed by atoms with Crippen LogP contribution in [0.2, 0.25) is 0 Å². The van der Waals surface area contributed by atoms with Gasteiger partial charge in [-0.05, 0) is 99.5 Å². The standard InChI is InChI=1S/C36H39BrFN3O5S/c1-5-46-31-19-21-32(22-20-31)47(44,45)41(30-17-15-29(38)16-18-30)25-34(42)40(24-27-11-13-28(37)14-12-27)33(35(43)39-36(2,3)4)23-26-9-7-6-8-10-26/h6-22,33H,5,23-25H2,1-4H3,(H,39,43)/t33-/m1/s1. The number of benzene rings is 4. The molecule has 0 heterocycles. The van der Waals surface area contributed by atoms with Crippen LogP contribution in [0.1, 0.15) is 38.8 Å². The van der Waals surface area contributed by atoms with Crippen molar-refractivity contribution in [3.8, 4) is 5.75 Å². The molecule has 4 rings (SSSR count). The zero-order valence-electron chi connectivity index (χ0n) is 26.8. The van der Waals surface area contributed by atoms with Crippen LogP contribution in [-0.2, 0) is 32.6 Å². The second-order valence-electron chi connectivity index (χ2n) is 12.0. The highest BCUT2D eigenvalue weighted by molar-refractivity contribution is 9.10. The number of nitrogens with zero attached hydrogens (tertiary/aromatic N) is 2. The molecule has 0 aliphatic carbocycles. The Morgan fingerprint density at radius 2 is 1.49 bits per heavy atom. The number of carbonyl (C=O) groups excluding carboxylic acids is 2. The van der Waals surface area contributed by atoms with Gasteiger partial charge in [-0.2, -0.15) is 0 Å². The van der Waals surface area contributed by atoms with Gasteiger partial charge in [-0.25, -0.2) is 12.8 Å². The van der Waals surface area contributed by atoms with Crippen LogP contribution in [0, 0.1) is 5.82 Å². The topological polar surface area (TPSA) is 96.0 Å². The van der Waals surface area contributed by atoms with Crippen LogP contribution < -0.4 is 14.4 Å². The predicted octanol–water partition coefficient (Wildman–Crippen LogP) is 6.74. The number of anilines is 1. The van der Waals surface area contributed by atoms with Crippen molar-refractivity contribution in [2.24, 2.45) is 0 Å². The van der Waals surface area contributed by atoms with Crippen molar-refractivity contribution < 1.29 is 27.1 Å². The SMILES string of the molecule is CCOc1ccc(S(=O)(=O)N(CC(=O)N(Cc2ccc(Br)cc2)[C@H](Cc2ccccc2)C(=O)NC(C)(C)C)c2ccc(F)cc2)cc1. The van der Waals surface area contributed by atoms with E-state index in [-0.39, 0.29) is 29.5 Å². The molecule has 0 aliphatic rings. The van der Waals surface area contributed by atoms with E-state index in [0.717, 1.165) is 32.0 Å². The van der Waals surface area contributed by atoms with Crippen LogP contribution in [0.15, 0.2) is 112 Å². The summed E-state index contributed by atoms with van der Waals surface area (Å²) >= 11 is 3.44. The first-order valence-electron chi connectivity index (χ1n) is 15.2. The van der Waals surface area contributed by atoms with E-state index < -0.39 is 39.9 Å². The lowest BCUT2D eigenvalue weighted by molar-refractivity contribution is -0.140. The third-order valence-electron chi connectivity index (χ3n) is 7.15. The summed E-state index contributed by atoms with van der Waals surface area (Å²) in [7, 11) is -4.34. The molecule has 2 amide bonds. The molecule has 0 aliphatic heterocycles. The van der Waals surface area contributed by atoms with E-state index in [1.165, 1.54) is 41.3 Å². The van der Waals surface area contributed by atoms with Crippen molar-refractivity contribution in [3.63, 3.8) is 0 Å². The van der Waals surface area contributed by atoms with Crippen molar-refractivity contribution in [3.05, 3.63) is 125 Å². The highest BCUT2D eigenvalue weighted by Gasteiger charge is 2.35. The maximum absolute atomic E-state index is 14.5. The molecule has 0 unspecified atom stereocenters. The van der Waals surface area contributed by atoms with Gasteiger partial charge in [0.2, 0.25) is 11.8 Å². The fraction of sp³-hybridized carbons (Fsp3) is 0.278. The zero-order valence-corrected chi connectivity index (χ0v) is 29.2. The molecule has 4 aromatic rings. The van der Waals surface area contributed by atoms with Gasteiger partial charge in [0.05, 0.1) is 17.2 Å². The van der Waals surface area contributed by atoms with Gasteiger partial charge < -0.3 is 15.0 Å². The number of halogens is 2. The van der Waals surface area contributed by atoms with Crippen molar-refractivity contribution in [2.45, 2.75) is 57.1 Å². The molecule has 1 N–H and O–H groups in total. The lowest BCUT2D eigenvalue weighted by Gasteiger charge is -2.35. The maximum atomic E-state index is 14.5. The van der Waals surface area contributed by atoms with Gasteiger partial charge in [-0.1, -0.05) is 58.4 Å². The van der Waals surface area contributed by atoms with Gasteiger partial charge in [0.1, 0.15) is 24.2 Å². The Kier molecular flexibility index (Phi) is 11.8. The molecule has 0 fully saturated rings. The van der Waals surface area contributed by atoms with Crippen molar-refractivity contribution in [1.82, 2.24) is 10.2 Å². The largest absolute Gasteiger partial charge is 0.494 e. The summed E-state index contributed by atoms with van der Waals surface area (Å²) < 4.78 is 49.6. The summed E-state index contributed by atoms with van der Waals surface area (Å²) in [4.78, 5) is 29.8. The second-order valence-corrected chi connectivity index (χ2v) is 14.8. The number of hydrogen-bond acceptors (Lipinski definition) is 5.